The lowest BCUT2D eigenvalue weighted by Gasteiger charge is -2.34. The van der Waals surface area contributed by atoms with Crippen molar-refractivity contribution in [2.75, 3.05) is 31.1 Å². The third kappa shape index (κ3) is 2.53. The van der Waals surface area contributed by atoms with Gasteiger partial charge in [0.05, 0.1) is 5.69 Å². The Morgan fingerprint density at radius 1 is 1.35 bits per heavy atom. The molecule has 1 aliphatic rings. The number of piperazine rings is 1. The van der Waals surface area contributed by atoms with Crippen LogP contribution in [0.5, 0.6) is 0 Å². The SMILES string of the molecule is CCc1nnsc1C(=O)N1CCN(c2nccs2)CC1. The number of aryl methyl sites for hydroxylation is 1. The zero-order valence-corrected chi connectivity index (χ0v) is 12.8. The maximum atomic E-state index is 12.5. The first-order valence-corrected chi connectivity index (χ1v) is 8.20. The van der Waals surface area contributed by atoms with E-state index in [0.29, 0.717) is 4.88 Å². The van der Waals surface area contributed by atoms with Crippen molar-refractivity contribution in [3.63, 3.8) is 0 Å². The lowest BCUT2D eigenvalue weighted by molar-refractivity contribution is 0.0750. The van der Waals surface area contributed by atoms with E-state index < -0.39 is 0 Å². The highest BCUT2D eigenvalue weighted by Crippen LogP contribution is 2.21. The molecule has 1 fully saturated rings. The molecule has 0 bridgehead atoms. The molecule has 1 saturated heterocycles. The van der Waals surface area contributed by atoms with Crippen LogP contribution < -0.4 is 4.90 Å². The molecule has 106 valence electrons. The Kier molecular flexibility index (Phi) is 3.93. The molecule has 0 spiro atoms. The standard InChI is InChI=1S/C12H15N5OS2/c1-2-9-10(20-15-14-9)11(18)16-4-6-17(7-5-16)12-13-3-8-19-12/h3,8H,2,4-7H2,1H3. The van der Waals surface area contributed by atoms with Crippen LogP contribution in [-0.4, -0.2) is 51.6 Å². The normalized spacial score (nSPS) is 15.7. The minimum absolute atomic E-state index is 0.0654. The average molecular weight is 309 g/mol. The Morgan fingerprint density at radius 3 is 2.80 bits per heavy atom. The van der Waals surface area contributed by atoms with Crippen LogP contribution in [0.3, 0.4) is 0 Å². The summed E-state index contributed by atoms with van der Waals surface area (Å²) in [6.45, 7) is 5.09. The van der Waals surface area contributed by atoms with E-state index in [0.717, 1.165) is 43.4 Å². The summed E-state index contributed by atoms with van der Waals surface area (Å²) in [6, 6.07) is 0. The second-order valence-corrected chi connectivity index (χ2v) is 6.12. The van der Waals surface area contributed by atoms with Gasteiger partial charge in [0.1, 0.15) is 4.88 Å². The molecule has 0 unspecified atom stereocenters. The molecule has 3 heterocycles. The number of carbonyl (C=O) groups excluding carboxylic acids is 1. The van der Waals surface area contributed by atoms with Crippen molar-refractivity contribution in [2.24, 2.45) is 0 Å². The van der Waals surface area contributed by atoms with E-state index in [1.165, 1.54) is 11.5 Å². The first-order valence-electron chi connectivity index (χ1n) is 6.54. The van der Waals surface area contributed by atoms with Crippen molar-refractivity contribution < 1.29 is 4.79 Å². The summed E-state index contributed by atoms with van der Waals surface area (Å²) < 4.78 is 3.89. The molecule has 20 heavy (non-hydrogen) atoms. The predicted molar refractivity (Wildman–Crippen MR) is 79.5 cm³/mol. The summed E-state index contributed by atoms with van der Waals surface area (Å²) in [5, 5.41) is 7.02. The zero-order chi connectivity index (χ0) is 13.9. The van der Waals surface area contributed by atoms with Gasteiger partial charge < -0.3 is 9.80 Å². The van der Waals surface area contributed by atoms with Gasteiger partial charge in [-0.15, -0.1) is 16.4 Å². The van der Waals surface area contributed by atoms with Crippen LogP contribution in [0.4, 0.5) is 5.13 Å². The van der Waals surface area contributed by atoms with Gasteiger partial charge in [-0.1, -0.05) is 11.4 Å². The lowest BCUT2D eigenvalue weighted by Crippen LogP contribution is -2.48. The summed E-state index contributed by atoms with van der Waals surface area (Å²) >= 11 is 2.83. The van der Waals surface area contributed by atoms with Crippen molar-refractivity contribution in [1.82, 2.24) is 19.5 Å². The number of thiazole rings is 1. The third-order valence-electron chi connectivity index (χ3n) is 3.34. The monoisotopic (exact) mass is 309 g/mol. The quantitative estimate of drug-likeness (QED) is 0.860. The van der Waals surface area contributed by atoms with E-state index in [4.69, 9.17) is 0 Å². The van der Waals surface area contributed by atoms with Gasteiger partial charge in [0, 0.05) is 37.8 Å². The maximum absolute atomic E-state index is 12.5. The van der Waals surface area contributed by atoms with E-state index in [2.05, 4.69) is 19.5 Å². The second kappa shape index (κ2) is 5.84. The minimum atomic E-state index is 0.0654. The first-order chi connectivity index (χ1) is 9.79. The van der Waals surface area contributed by atoms with E-state index in [1.54, 1.807) is 11.3 Å². The molecule has 1 amide bonds. The average Bonchev–Trinajstić information content (AvgIpc) is 3.17. The maximum Gasteiger partial charge on any atom is 0.267 e. The summed E-state index contributed by atoms with van der Waals surface area (Å²) in [6.07, 6.45) is 2.56. The number of aromatic nitrogens is 3. The number of amides is 1. The van der Waals surface area contributed by atoms with Crippen LogP contribution >= 0.6 is 22.9 Å². The van der Waals surface area contributed by atoms with Gasteiger partial charge in [-0.05, 0) is 18.0 Å². The van der Waals surface area contributed by atoms with E-state index >= 15 is 0 Å². The highest BCUT2D eigenvalue weighted by atomic mass is 32.1. The molecule has 0 N–H and O–H groups in total. The van der Waals surface area contributed by atoms with Crippen molar-refractivity contribution in [1.29, 1.82) is 0 Å². The van der Waals surface area contributed by atoms with Gasteiger partial charge in [0.15, 0.2) is 5.13 Å². The molecule has 0 saturated carbocycles. The molecule has 1 aliphatic heterocycles. The van der Waals surface area contributed by atoms with Crippen LogP contribution in [-0.2, 0) is 6.42 Å². The minimum Gasteiger partial charge on any atom is -0.345 e. The first kappa shape index (κ1) is 13.4. The molecule has 3 rings (SSSR count). The van der Waals surface area contributed by atoms with Gasteiger partial charge in [0.2, 0.25) is 0 Å². The van der Waals surface area contributed by atoms with E-state index in [9.17, 15) is 4.79 Å². The van der Waals surface area contributed by atoms with Crippen LogP contribution in [0.1, 0.15) is 22.3 Å². The topological polar surface area (TPSA) is 62.2 Å². The van der Waals surface area contributed by atoms with E-state index in [1.807, 2.05) is 23.4 Å². The Hall–Kier alpha value is -1.54. The smallest absolute Gasteiger partial charge is 0.267 e. The molecule has 2 aromatic rings. The summed E-state index contributed by atoms with van der Waals surface area (Å²) in [5.41, 5.74) is 0.808. The van der Waals surface area contributed by atoms with E-state index in [-0.39, 0.29) is 5.91 Å². The summed E-state index contributed by atoms with van der Waals surface area (Å²) in [5.74, 6) is 0.0654. The number of nitrogens with zero attached hydrogens (tertiary/aromatic N) is 5. The van der Waals surface area contributed by atoms with Crippen molar-refractivity contribution in [2.45, 2.75) is 13.3 Å². The fourth-order valence-electron chi connectivity index (χ4n) is 2.22. The molecular formula is C12H15N5OS2. The number of hydrogen-bond donors (Lipinski definition) is 0. The molecule has 2 aromatic heterocycles. The molecule has 0 aromatic carbocycles. The number of carbonyl (C=O) groups is 1. The fraction of sp³-hybridized carbons (Fsp3) is 0.500. The second-order valence-electron chi connectivity index (χ2n) is 4.50. The Balaban J connectivity index is 1.65. The van der Waals surface area contributed by atoms with Crippen molar-refractivity contribution >= 4 is 33.9 Å². The Morgan fingerprint density at radius 2 is 2.15 bits per heavy atom. The van der Waals surface area contributed by atoms with Crippen molar-refractivity contribution in [3.8, 4) is 0 Å². The summed E-state index contributed by atoms with van der Waals surface area (Å²) in [4.78, 5) is 21.6. The molecular weight excluding hydrogens is 294 g/mol. The fourth-order valence-corrected chi connectivity index (χ4v) is 3.63. The number of anilines is 1. The Bertz CT molecular complexity index is 574. The highest BCUT2D eigenvalue weighted by molar-refractivity contribution is 7.13. The van der Waals surface area contributed by atoms with Crippen molar-refractivity contribution in [3.05, 3.63) is 22.1 Å². The van der Waals surface area contributed by atoms with Crippen LogP contribution in [0.25, 0.3) is 0 Å². The molecule has 0 radical (unpaired) electrons. The highest BCUT2D eigenvalue weighted by Gasteiger charge is 2.26. The number of rotatable bonds is 3. The largest absolute Gasteiger partial charge is 0.345 e. The number of hydrogen-bond acceptors (Lipinski definition) is 7. The molecule has 8 heteroatoms. The van der Waals surface area contributed by atoms with Gasteiger partial charge in [-0.3, -0.25) is 4.79 Å². The molecule has 0 atom stereocenters. The van der Waals surface area contributed by atoms with Gasteiger partial charge in [0.25, 0.3) is 5.91 Å². The lowest BCUT2D eigenvalue weighted by atomic mass is 10.2. The van der Waals surface area contributed by atoms with Gasteiger partial charge >= 0.3 is 0 Å². The Labute approximate surface area is 125 Å². The van der Waals surface area contributed by atoms with Crippen LogP contribution in [0.2, 0.25) is 0 Å². The van der Waals surface area contributed by atoms with Gasteiger partial charge in [-0.2, -0.15) is 0 Å². The predicted octanol–water partition coefficient (Wildman–Crippen LogP) is 1.52. The third-order valence-corrected chi connectivity index (χ3v) is 4.93. The zero-order valence-electron chi connectivity index (χ0n) is 11.2. The van der Waals surface area contributed by atoms with Crippen LogP contribution in [0.15, 0.2) is 11.6 Å². The van der Waals surface area contributed by atoms with Gasteiger partial charge in [-0.25, -0.2) is 4.98 Å². The van der Waals surface area contributed by atoms with Crippen LogP contribution in [0, 0.1) is 0 Å². The molecule has 6 nitrogen and oxygen atoms in total. The molecule has 0 aliphatic carbocycles. The summed E-state index contributed by atoms with van der Waals surface area (Å²) in [7, 11) is 0.